The molecular weight excluding hydrogens is 340 g/mol. The normalized spacial score (nSPS) is 29.9. The molecule has 0 saturated carbocycles. The fourth-order valence-electron chi connectivity index (χ4n) is 4.27. The average molecular weight is 377 g/mol. The van der Waals surface area contributed by atoms with E-state index in [1.165, 1.54) is 18.4 Å². The molecule has 27 heavy (non-hydrogen) atoms. The Morgan fingerprint density at radius 2 is 1.93 bits per heavy atom. The lowest BCUT2D eigenvalue weighted by molar-refractivity contribution is -0.214. The first-order valence-corrected chi connectivity index (χ1v) is 10.9. The monoisotopic (exact) mass is 376 g/mol. The van der Waals surface area contributed by atoms with Crippen LogP contribution < -0.4 is 0 Å². The van der Waals surface area contributed by atoms with Gasteiger partial charge in [-0.1, -0.05) is 62.9 Å². The summed E-state index contributed by atoms with van der Waals surface area (Å²) < 4.78 is 18.3. The average Bonchev–Trinajstić information content (AvgIpc) is 2.99. The van der Waals surface area contributed by atoms with Crippen molar-refractivity contribution in [2.75, 3.05) is 6.61 Å². The minimum Gasteiger partial charge on any atom is -0.390 e. The summed E-state index contributed by atoms with van der Waals surface area (Å²) in [5.41, 5.74) is 1.23. The molecule has 1 aromatic carbocycles. The molecule has 1 N–H and O–H groups in total. The fraction of sp³-hybridized carbons (Fsp3) is 0.739. The van der Waals surface area contributed by atoms with Crippen molar-refractivity contribution in [3.63, 3.8) is 0 Å². The second-order valence-electron chi connectivity index (χ2n) is 8.10. The van der Waals surface area contributed by atoms with Gasteiger partial charge in [0, 0.05) is 19.4 Å². The highest BCUT2D eigenvalue weighted by Crippen LogP contribution is 2.44. The summed E-state index contributed by atoms with van der Waals surface area (Å²) in [5.74, 6) is -0.414. The number of benzene rings is 1. The molecule has 2 heterocycles. The molecule has 0 aromatic heterocycles. The molecule has 4 heteroatoms. The van der Waals surface area contributed by atoms with Gasteiger partial charge in [0.25, 0.3) is 0 Å². The number of hydrogen-bond donors (Lipinski definition) is 1. The smallest absolute Gasteiger partial charge is 0.169 e. The largest absolute Gasteiger partial charge is 0.390 e. The maximum absolute atomic E-state index is 10.3. The molecule has 0 unspecified atom stereocenters. The zero-order chi connectivity index (χ0) is 19.0. The molecule has 4 nitrogen and oxygen atoms in total. The number of aliphatic hydroxyl groups excluding tert-OH is 1. The van der Waals surface area contributed by atoms with E-state index in [9.17, 15) is 5.11 Å². The van der Waals surface area contributed by atoms with Crippen LogP contribution in [0.25, 0.3) is 0 Å². The van der Waals surface area contributed by atoms with E-state index in [1.807, 2.05) is 18.2 Å². The number of rotatable bonds is 12. The quantitative estimate of drug-likeness (QED) is 0.523. The van der Waals surface area contributed by atoms with Gasteiger partial charge < -0.3 is 19.3 Å². The van der Waals surface area contributed by atoms with Crippen molar-refractivity contribution >= 4 is 0 Å². The van der Waals surface area contributed by atoms with Gasteiger partial charge >= 0.3 is 0 Å². The molecule has 2 fully saturated rings. The van der Waals surface area contributed by atoms with Crippen molar-refractivity contribution < 1.29 is 19.3 Å². The van der Waals surface area contributed by atoms with Gasteiger partial charge in [-0.3, -0.25) is 0 Å². The fourth-order valence-corrected chi connectivity index (χ4v) is 4.27. The van der Waals surface area contributed by atoms with Gasteiger partial charge in [0.15, 0.2) is 5.79 Å². The predicted octanol–water partition coefficient (Wildman–Crippen LogP) is 4.98. The number of aliphatic hydroxyl groups is 1. The van der Waals surface area contributed by atoms with Gasteiger partial charge in [0.1, 0.15) is 6.10 Å². The first-order valence-electron chi connectivity index (χ1n) is 10.9. The van der Waals surface area contributed by atoms with E-state index in [1.54, 1.807) is 0 Å². The second kappa shape index (κ2) is 10.6. The first kappa shape index (κ1) is 20.8. The van der Waals surface area contributed by atoms with Crippen LogP contribution in [0.1, 0.15) is 76.7 Å². The number of hydrogen-bond acceptors (Lipinski definition) is 4. The summed E-state index contributed by atoms with van der Waals surface area (Å²) in [7, 11) is 0. The highest BCUT2D eigenvalue weighted by Gasteiger charge is 2.52. The summed E-state index contributed by atoms with van der Waals surface area (Å²) in [5, 5.41) is 10.3. The molecule has 152 valence electrons. The SMILES string of the molecule is CCCCC[C@@]12CC[C@H](O)[C@@H](O1)[C@@H](CCCCCOCc1ccccc1)O2. The molecule has 3 rings (SSSR count). The lowest BCUT2D eigenvalue weighted by Crippen LogP contribution is -2.41. The van der Waals surface area contributed by atoms with Crippen molar-refractivity contribution in [3.05, 3.63) is 35.9 Å². The van der Waals surface area contributed by atoms with Crippen LogP contribution in [0.15, 0.2) is 30.3 Å². The van der Waals surface area contributed by atoms with Crippen LogP contribution in [0.2, 0.25) is 0 Å². The molecule has 2 bridgehead atoms. The minimum atomic E-state index is -0.414. The number of ether oxygens (including phenoxy) is 3. The lowest BCUT2D eigenvalue weighted by atomic mass is 9.94. The Morgan fingerprint density at radius 1 is 1.07 bits per heavy atom. The Balaban J connectivity index is 1.32. The summed E-state index contributed by atoms with van der Waals surface area (Å²) in [6.45, 7) is 3.70. The van der Waals surface area contributed by atoms with Crippen molar-refractivity contribution in [2.24, 2.45) is 0 Å². The molecule has 4 atom stereocenters. The zero-order valence-electron chi connectivity index (χ0n) is 16.8. The molecule has 0 spiro atoms. The Hall–Kier alpha value is -0.940. The summed E-state index contributed by atoms with van der Waals surface area (Å²) in [6.07, 6.45) is 9.97. The third kappa shape index (κ3) is 6.02. The van der Waals surface area contributed by atoms with Crippen LogP contribution in [0, 0.1) is 0 Å². The van der Waals surface area contributed by atoms with Gasteiger partial charge in [-0.15, -0.1) is 0 Å². The van der Waals surface area contributed by atoms with E-state index in [0.717, 1.165) is 58.0 Å². The van der Waals surface area contributed by atoms with E-state index < -0.39 is 5.79 Å². The molecule has 0 amide bonds. The maximum Gasteiger partial charge on any atom is 0.169 e. The van der Waals surface area contributed by atoms with Crippen LogP contribution >= 0.6 is 0 Å². The van der Waals surface area contributed by atoms with Crippen molar-refractivity contribution in [2.45, 2.75) is 102 Å². The molecule has 1 aromatic rings. The number of fused-ring (bicyclic) bond motifs is 2. The second-order valence-corrected chi connectivity index (χ2v) is 8.10. The highest BCUT2D eigenvalue weighted by molar-refractivity contribution is 5.13. The first-order chi connectivity index (χ1) is 13.2. The molecule has 2 aliphatic heterocycles. The molecule has 2 saturated heterocycles. The third-order valence-electron chi connectivity index (χ3n) is 5.83. The van der Waals surface area contributed by atoms with Crippen LogP contribution in [0.4, 0.5) is 0 Å². The van der Waals surface area contributed by atoms with Crippen LogP contribution in [0.3, 0.4) is 0 Å². The Kier molecular flexibility index (Phi) is 8.13. The summed E-state index contributed by atoms with van der Waals surface area (Å²) in [4.78, 5) is 0. The molecule has 0 radical (unpaired) electrons. The summed E-state index contributed by atoms with van der Waals surface area (Å²) in [6, 6.07) is 10.3. The summed E-state index contributed by atoms with van der Waals surface area (Å²) >= 11 is 0. The Labute approximate surface area is 164 Å². The lowest BCUT2D eigenvalue weighted by Gasteiger charge is -2.33. The maximum atomic E-state index is 10.3. The molecular formula is C23H36O4. The van der Waals surface area contributed by atoms with Crippen molar-refractivity contribution in [1.82, 2.24) is 0 Å². The number of unbranched alkanes of at least 4 members (excludes halogenated alkanes) is 4. The Morgan fingerprint density at radius 3 is 2.74 bits per heavy atom. The van der Waals surface area contributed by atoms with Crippen molar-refractivity contribution in [3.8, 4) is 0 Å². The predicted molar refractivity (Wildman–Crippen MR) is 106 cm³/mol. The van der Waals surface area contributed by atoms with E-state index in [0.29, 0.717) is 6.61 Å². The molecule has 0 aliphatic carbocycles. The standard InChI is InChI=1S/C23H36O4/c1-2-3-9-15-23-16-14-20(24)22(27-23)21(26-23)13-8-5-10-17-25-18-19-11-6-4-7-12-19/h4,6-7,11-12,20-22,24H,2-3,5,8-10,13-18H2,1H3/t20-,21+,22+,23-/m0/s1. The van der Waals surface area contributed by atoms with Crippen LogP contribution in [-0.2, 0) is 20.8 Å². The van der Waals surface area contributed by atoms with Crippen molar-refractivity contribution in [1.29, 1.82) is 0 Å². The Bertz CT molecular complexity index is 534. The van der Waals surface area contributed by atoms with Gasteiger partial charge in [-0.05, 0) is 31.2 Å². The van der Waals surface area contributed by atoms with E-state index >= 15 is 0 Å². The van der Waals surface area contributed by atoms with Crippen LogP contribution in [-0.4, -0.2) is 35.8 Å². The van der Waals surface area contributed by atoms with Gasteiger partial charge in [-0.25, -0.2) is 0 Å². The molecule has 2 aliphatic rings. The van der Waals surface area contributed by atoms with Gasteiger partial charge in [-0.2, -0.15) is 0 Å². The minimum absolute atomic E-state index is 0.0503. The zero-order valence-corrected chi connectivity index (χ0v) is 16.8. The van der Waals surface area contributed by atoms with E-state index in [-0.39, 0.29) is 18.3 Å². The third-order valence-corrected chi connectivity index (χ3v) is 5.83. The van der Waals surface area contributed by atoms with Gasteiger partial charge in [0.2, 0.25) is 0 Å². The van der Waals surface area contributed by atoms with Gasteiger partial charge in [0.05, 0.1) is 18.8 Å². The van der Waals surface area contributed by atoms with Crippen LogP contribution in [0.5, 0.6) is 0 Å². The van der Waals surface area contributed by atoms with E-state index in [2.05, 4.69) is 19.1 Å². The van der Waals surface area contributed by atoms with E-state index in [4.69, 9.17) is 14.2 Å². The topological polar surface area (TPSA) is 47.9 Å². The highest BCUT2D eigenvalue weighted by atomic mass is 16.8.